The zero-order valence-corrected chi connectivity index (χ0v) is 20.9. The Morgan fingerprint density at radius 1 is 1.08 bits per heavy atom. The second-order valence-corrected chi connectivity index (χ2v) is 8.30. The zero-order valence-electron chi connectivity index (χ0n) is 20.9. The van der Waals surface area contributed by atoms with E-state index in [1.807, 2.05) is 48.5 Å². The van der Waals surface area contributed by atoms with Crippen molar-refractivity contribution in [1.29, 1.82) is 0 Å². The SMILES string of the molecule is CC/C(=C(/c1ccc(OCCNC/C=C/C(=O)NC)nc1)c1ccc2[nH]nc(F)c2c1)c1ccccc1. The first-order chi connectivity index (χ1) is 18.1. The summed E-state index contributed by atoms with van der Waals surface area (Å²) in [7, 11) is 1.59. The van der Waals surface area contributed by atoms with Gasteiger partial charge in [-0.25, -0.2) is 4.98 Å². The third-order valence-corrected chi connectivity index (χ3v) is 5.91. The van der Waals surface area contributed by atoms with Crippen LogP contribution in [-0.4, -0.2) is 47.8 Å². The summed E-state index contributed by atoms with van der Waals surface area (Å²) in [5.74, 6) is -0.141. The van der Waals surface area contributed by atoms with E-state index in [1.54, 1.807) is 19.3 Å². The number of nitrogens with zero attached hydrogens (tertiary/aromatic N) is 2. The van der Waals surface area contributed by atoms with Crippen LogP contribution in [0.4, 0.5) is 4.39 Å². The first-order valence-electron chi connectivity index (χ1n) is 12.2. The van der Waals surface area contributed by atoms with Crippen LogP contribution >= 0.6 is 0 Å². The van der Waals surface area contributed by atoms with E-state index in [2.05, 4.69) is 44.9 Å². The molecule has 0 aliphatic carbocycles. The highest BCUT2D eigenvalue weighted by Gasteiger charge is 2.16. The van der Waals surface area contributed by atoms with Crippen molar-refractivity contribution in [2.45, 2.75) is 13.3 Å². The van der Waals surface area contributed by atoms with Crippen LogP contribution < -0.4 is 15.4 Å². The molecule has 2 aromatic carbocycles. The lowest BCUT2D eigenvalue weighted by molar-refractivity contribution is -0.116. The van der Waals surface area contributed by atoms with E-state index < -0.39 is 5.95 Å². The standard InChI is InChI=1S/C29H30FN5O2/c1-3-23(20-8-5-4-6-9-20)28(21-11-13-25-24(18-21)29(30)35-34-25)22-12-14-27(33-19-22)37-17-16-32-15-7-10-26(36)31-2/h4-14,18-19,32H,3,15-17H2,1-2H3,(H,31,36)(H,34,35)/b10-7+,28-23-. The van der Waals surface area contributed by atoms with Crippen LogP contribution in [-0.2, 0) is 4.79 Å². The van der Waals surface area contributed by atoms with Gasteiger partial charge in [-0.15, -0.1) is 5.10 Å². The van der Waals surface area contributed by atoms with E-state index in [-0.39, 0.29) is 5.91 Å². The molecule has 7 nitrogen and oxygen atoms in total. The quantitative estimate of drug-likeness (QED) is 0.158. The fraction of sp³-hybridized carbons (Fsp3) is 0.207. The van der Waals surface area contributed by atoms with Crippen molar-refractivity contribution < 1.29 is 13.9 Å². The van der Waals surface area contributed by atoms with Crippen LogP contribution in [0.2, 0.25) is 0 Å². The number of carbonyl (C=O) groups is 1. The molecule has 1 amide bonds. The zero-order chi connectivity index (χ0) is 26.0. The molecular weight excluding hydrogens is 469 g/mol. The first kappa shape index (κ1) is 25.8. The second-order valence-electron chi connectivity index (χ2n) is 8.30. The maximum Gasteiger partial charge on any atom is 0.243 e. The largest absolute Gasteiger partial charge is 0.476 e. The van der Waals surface area contributed by atoms with E-state index in [9.17, 15) is 9.18 Å². The van der Waals surface area contributed by atoms with Gasteiger partial charge in [0.15, 0.2) is 0 Å². The normalized spacial score (nSPS) is 12.1. The monoisotopic (exact) mass is 499 g/mol. The van der Waals surface area contributed by atoms with Crippen LogP contribution in [0.15, 0.2) is 79.0 Å². The molecule has 0 radical (unpaired) electrons. The first-order valence-corrected chi connectivity index (χ1v) is 12.2. The van der Waals surface area contributed by atoms with Crippen LogP contribution in [0, 0.1) is 5.95 Å². The fourth-order valence-corrected chi connectivity index (χ4v) is 4.09. The highest BCUT2D eigenvalue weighted by atomic mass is 19.1. The average Bonchev–Trinajstić information content (AvgIpc) is 3.31. The molecule has 8 heteroatoms. The minimum atomic E-state index is -0.520. The minimum absolute atomic E-state index is 0.135. The topological polar surface area (TPSA) is 91.9 Å². The lowest BCUT2D eigenvalue weighted by Crippen LogP contribution is -2.22. The van der Waals surface area contributed by atoms with Gasteiger partial charge >= 0.3 is 0 Å². The molecule has 190 valence electrons. The molecule has 0 fully saturated rings. The lowest BCUT2D eigenvalue weighted by Gasteiger charge is -2.16. The molecule has 4 aromatic rings. The number of nitrogens with one attached hydrogen (secondary N) is 3. The maximum atomic E-state index is 14.3. The molecular formula is C29H30FN5O2. The molecule has 3 N–H and O–H groups in total. The Balaban J connectivity index is 1.56. The van der Waals surface area contributed by atoms with E-state index in [0.29, 0.717) is 36.5 Å². The number of pyridine rings is 1. The van der Waals surface area contributed by atoms with E-state index in [4.69, 9.17) is 4.74 Å². The smallest absolute Gasteiger partial charge is 0.243 e. The van der Waals surface area contributed by atoms with Gasteiger partial charge in [0.25, 0.3) is 0 Å². The molecule has 0 spiro atoms. The number of ether oxygens (including phenoxy) is 1. The predicted octanol–water partition coefficient (Wildman–Crippen LogP) is 4.74. The molecule has 2 aromatic heterocycles. The Kier molecular flexibility index (Phi) is 8.78. The van der Waals surface area contributed by atoms with Gasteiger partial charge in [0, 0.05) is 44.0 Å². The lowest BCUT2D eigenvalue weighted by atomic mass is 9.88. The van der Waals surface area contributed by atoms with Gasteiger partial charge < -0.3 is 15.4 Å². The van der Waals surface area contributed by atoms with E-state index in [0.717, 1.165) is 34.3 Å². The number of aromatic amines is 1. The number of aromatic nitrogens is 3. The van der Waals surface area contributed by atoms with Crippen molar-refractivity contribution in [2.75, 3.05) is 26.7 Å². The number of carbonyl (C=O) groups excluding carboxylic acids is 1. The summed E-state index contributed by atoms with van der Waals surface area (Å²) >= 11 is 0. The summed E-state index contributed by atoms with van der Waals surface area (Å²) in [6.07, 6.45) is 5.81. The van der Waals surface area contributed by atoms with Crippen molar-refractivity contribution in [3.63, 3.8) is 0 Å². The summed E-state index contributed by atoms with van der Waals surface area (Å²) in [5.41, 5.74) is 5.67. The molecule has 37 heavy (non-hydrogen) atoms. The van der Waals surface area contributed by atoms with Gasteiger partial charge in [0.2, 0.25) is 17.7 Å². The minimum Gasteiger partial charge on any atom is -0.476 e. The molecule has 0 aliphatic rings. The number of amides is 1. The number of H-pyrrole nitrogens is 1. The van der Waals surface area contributed by atoms with Crippen LogP contribution in [0.3, 0.4) is 0 Å². The Morgan fingerprint density at radius 3 is 2.62 bits per heavy atom. The third-order valence-electron chi connectivity index (χ3n) is 5.91. The molecule has 0 saturated carbocycles. The number of hydrogen-bond acceptors (Lipinski definition) is 5. The molecule has 2 heterocycles. The number of likely N-dealkylation sites (N-methyl/N-ethyl adjacent to an activating group) is 1. The van der Waals surface area contributed by atoms with Crippen molar-refractivity contribution >= 4 is 28.0 Å². The summed E-state index contributed by atoms with van der Waals surface area (Å²) in [6, 6.07) is 19.7. The summed E-state index contributed by atoms with van der Waals surface area (Å²) in [4.78, 5) is 15.7. The van der Waals surface area contributed by atoms with Gasteiger partial charge in [0.05, 0.1) is 10.9 Å². The van der Waals surface area contributed by atoms with Crippen molar-refractivity contribution in [3.8, 4) is 5.88 Å². The van der Waals surface area contributed by atoms with Crippen LogP contribution in [0.1, 0.15) is 30.0 Å². The fourth-order valence-electron chi connectivity index (χ4n) is 4.09. The van der Waals surface area contributed by atoms with Crippen molar-refractivity contribution in [1.82, 2.24) is 25.8 Å². The number of fused-ring (bicyclic) bond motifs is 1. The van der Waals surface area contributed by atoms with Gasteiger partial charge in [-0.2, -0.15) is 4.39 Å². The molecule has 0 aliphatic heterocycles. The van der Waals surface area contributed by atoms with E-state index >= 15 is 0 Å². The number of allylic oxidation sites excluding steroid dienone is 1. The number of halogens is 1. The highest BCUT2D eigenvalue weighted by Crippen LogP contribution is 2.35. The maximum absolute atomic E-state index is 14.3. The second kappa shape index (κ2) is 12.6. The van der Waals surface area contributed by atoms with Gasteiger partial charge in [0.1, 0.15) is 6.61 Å². The molecule has 0 saturated heterocycles. The molecule has 0 unspecified atom stereocenters. The van der Waals surface area contributed by atoms with Gasteiger partial charge in [-0.1, -0.05) is 49.4 Å². The third kappa shape index (κ3) is 6.48. The summed E-state index contributed by atoms with van der Waals surface area (Å²) in [6.45, 7) is 3.72. The van der Waals surface area contributed by atoms with Crippen LogP contribution in [0.5, 0.6) is 5.88 Å². The van der Waals surface area contributed by atoms with Gasteiger partial charge in [-0.05, 0) is 46.9 Å². The highest BCUT2D eigenvalue weighted by molar-refractivity contribution is 6.00. The van der Waals surface area contributed by atoms with Crippen molar-refractivity contribution in [2.24, 2.45) is 0 Å². The van der Waals surface area contributed by atoms with Crippen molar-refractivity contribution in [3.05, 3.63) is 102 Å². The van der Waals surface area contributed by atoms with Gasteiger partial charge in [-0.3, -0.25) is 9.89 Å². The Hall–Kier alpha value is -4.30. The van der Waals surface area contributed by atoms with E-state index in [1.165, 1.54) is 6.08 Å². The number of benzene rings is 2. The molecule has 4 rings (SSSR count). The predicted molar refractivity (Wildman–Crippen MR) is 145 cm³/mol. The Bertz CT molecular complexity index is 1400. The Labute approximate surface area is 215 Å². The number of hydrogen-bond donors (Lipinski definition) is 3. The number of rotatable bonds is 11. The molecule has 0 bridgehead atoms. The average molecular weight is 500 g/mol. The Morgan fingerprint density at radius 2 is 1.89 bits per heavy atom. The van der Waals surface area contributed by atoms with Crippen LogP contribution in [0.25, 0.3) is 22.0 Å². The summed E-state index contributed by atoms with van der Waals surface area (Å²) < 4.78 is 20.1. The summed E-state index contributed by atoms with van der Waals surface area (Å²) in [5, 5.41) is 12.6. The molecule has 0 atom stereocenters.